The number of urea groups is 1. The van der Waals surface area contributed by atoms with Crippen LogP contribution < -0.4 is 10.6 Å². The summed E-state index contributed by atoms with van der Waals surface area (Å²) < 4.78 is 4.91. The van der Waals surface area contributed by atoms with Crippen LogP contribution in [0.4, 0.5) is 4.79 Å². The minimum absolute atomic E-state index is 0.0777. The monoisotopic (exact) mass is 381 g/mol. The quantitative estimate of drug-likeness (QED) is 0.535. The predicted octanol–water partition coefficient (Wildman–Crippen LogP) is 1.44. The predicted molar refractivity (Wildman–Crippen MR) is 98.6 cm³/mol. The third-order valence-corrected chi connectivity index (χ3v) is 4.98. The van der Waals surface area contributed by atoms with Gasteiger partial charge in [-0.2, -0.15) is 0 Å². The second-order valence-electron chi connectivity index (χ2n) is 9.12. The van der Waals surface area contributed by atoms with Crippen LogP contribution in [0.1, 0.15) is 53.9 Å². The van der Waals surface area contributed by atoms with Crippen molar-refractivity contribution in [3.8, 4) is 0 Å². The van der Waals surface area contributed by atoms with E-state index in [4.69, 9.17) is 4.74 Å². The van der Waals surface area contributed by atoms with Gasteiger partial charge in [0, 0.05) is 6.54 Å². The van der Waals surface area contributed by atoms with E-state index in [0.717, 1.165) is 11.3 Å². The van der Waals surface area contributed by atoms with Gasteiger partial charge in [0.05, 0.1) is 0 Å². The van der Waals surface area contributed by atoms with Gasteiger partial charge in [0.1, 0.15) is 12.1 Å². The molecule has 1 spiro atoms. The van der Waals surface area contributed by atoms with Crippen LogP contribution in [0.3, 0.4) is 0 Å². The summed E-state index contributed by atoms with van der Waals surface area (Å²) in [5.74, 6) is -0.997. The van der Waals surface area contributed by atoms with Crippen LogP contribution in [0, 0.1) is 17.3 Å². The third kappa shape index (κ3) is 5.20. The molecule has 2 atom stereocenters. The number of rotatable bonds is 6. The van der Waals surface area contributed by atoms with E-state index >= 15 is 0 Å². The van der Waals surface area contributed by atoms with Gasteiger partial charge in [-0.3, -0.25) is 19.3 Å². The molecule has 0 aromatic rings. The van der Waals surface area contributed by atoms with E-state index in [-0.39, 0.29) is 23.2 Å². The standard InChI is InChI=1S/C19H31N3O5/c1-12(2)8-20-14(23)10-27-15(24)9-22-16(25)19(21-17(22)26)7-13(3)6-18(4,5)11-19/h12-13H,6-11H2,1-5H3,(H,20,23)(H,21,26)/t13-,19+/m0/s1. The van der Waals surface area contributed by atoms with Gasteiger partial charge in [-0.05, 0) is 36.5 Å². The topological polar surface area (TPSA) is 105 Å². The number of imide groups is 1. The fourth-order valence-corrected chi connectivity index (χ4v) is 4.34. The Hall–Kier alpha value is -2.12. The lowest BCUT2D eigenvalue weighted by molar-refractivity contribution is -0.151. The highest BCUT2D eigenvalue weighted by Gasteiger charge is 2.56. The highest BCUT2D eigenvalue weighted by molar-refractivity contribution is 6.08. The van der Waals surface area contributed by atoms with Crippen LogP contribution in [0.15, 0.2) is 0 Å². The molecule has 0 aromatic heterocycles. The van der Waals surface area contributed by atoms with E-state index in [1.807, 2.05) is 13.8 Å². The van der Waals surface area contributed by atoms with Crippen LogP contribution in [0.25, 0.3) is 0 Å². The van der Waals surface area contributed by atoms with Gasteiger partial charge >= 0.3 is 12.0 Å². The molecule has 2 N–H and O–H groups in total. The van der Waals surface area contributed by atoms with E-state index in [9.17, 15) is 19.2 Å². The molecule has 4 amide bonds. The normalized spacial score (nSPS) is 27.0. The number of carbonyl (C=O) groups is 4. The van der Waals surface area contributed by atoms with Crippen LogP contribution >= 0.6 is 0 Å². The van der Waals surface area contributed by atoms with Crippen LogP contribution in [0.5, 0.6) is 0 Å². The Morgan fingerprint density at radius 1 is 1.30 bits per heavy atom. The Labute approximate surface area is 160 Å². The Morgan fingerprint density at radius 3 is 2.56 bits per heavy atom. The molecular formula is C19H31N3O5. The Kier molecular flexibility index (Phi) is 6.17. The first kappa shape index (κ1) is 21.2. The van der Waals surface area contributed by atoms with Crippen molar-refractivity contribution < 1.29 is 23.9 Å². The Balaban J connectivity index is 1.93. The fourth-order valence-electron chi connectivity index (χ4n) is 4.34. The Morgan fingerprint density at radius 2 is 1.96 bits per heavy atom. The molecule has 0 bridgehead atoms. The molecule has 8 nitrogen and oxygen atoms in total. The van der Waals surface area contributed by atoms with Crippen molar-refractivity contribution in [2.24, 2.45) is 17.3 Å². The molecule has 1 saturated carbocycles. The molecule has 152 valence electrons. The summed E-state index contributed by atoms with van der Waals surface area (Å²) in [5, 5.41) is 5.44. The molecule has 2 fully saturated rings. The number of amides is 4. The summed E-state index contributed by atoms with van der Waals surface area (Å²) in [7, 11) is 0. The van der Waals surface area contributed by atoms with E-state index in [1.54, 1.807) is 0 Å². The first-order valence-electron chi connectivity index (χ1n) is 9.50. The molecule has 0 aromatic carbocycles. The van der Waals surface area contributed by atoms with Gasteiger partial charge in [0.15, 0.2) is 6.61 Å². The maximum atomic E-state index is 12.9. The van der Waals surface area contributed by atoms with E-state index in [0.29, 0.717) is 19.4 Å². The van der Waals surface area contributed by atoms with Gasteiger partial charge < -0.3 is 15.4 Å². The summed E-state index contributed by atoms with van der Waals surface area (Å²) in [6.07, 6.45) is 2.08. The maximum absolute atomic E-state index is 12.9. The summed E-state index contributed by atoms with van der Waals surface area (Å²) in [4.78, 5) is 49.8. The van der Waals surface area contributed by atoms with Crippen molar-refractivity contribution >= 4 is 23.8 Å². The molecule has 1 saturated heterocycles. The zero-order chi connectivity index (χ0) is 20.4. The van der Waals surface area contributed by atoms with Gasteiger partial charge in [-0.25, -0.2) is 4.79 Å². The van der Waals surface area contributed by atoms with Crippen molar-refractivity contribution in [3.05, 3.63) is 0 Å². The molecular weight excluding hydrogens is 350 g/mol. The molecule has 0 radical (unpaired) electrons. The second kappa shape index (κ2) is 7.86. The molecule has 1 aliphatic carbocycles. The minimum atomic E-state index is -0.951. The van der Waals surface area contributed by atoms with Gasteiger partial charge in [-0.1, -0.05) is 34.6 Å². The SMILES string of the molecule is CC(C)CNC(=O)COC(=O)CN1C(=O)N[C@@]2(C[C@@H](C)CC(C)(C)C2)C1=O. The van der Waals surface area contributed by atoms with Crippen LogP contribution in [-0.4, -0.2) is 54.0 Å². The lowest BCUT2D eigenvalue weighted by Crippen LogP contribution is -2.54. The first-order valence-corrected chi connectivity index (χ1v) is 9.50. The third-order valence-electron chi connectivity index (χ3n) is 4.98. The van der Waals surface area contributed by atoms with Gasteiger partial charge in [0.25, 0.3) is 11.8 Å². The van der Waals surface area contributed by atoms with Crippen molar-refractivity contribution in [1.29, 1.82) is 0 Å². The molecule has 27 heavy (non-hydrogen) atoms. The average molecular weight is 381 g/mol. The summed E-state index contributed by atoms with van der Waals surface area (Å²) in [6, 6.07) is -0.578. The smallest absolute Gasteiger partial charge is 0.326 e. The van der Waals surface area contributed by atoms with Crippen molar-refractivity contribution in [2.75, 3.05) is 19.7 Å². The fraction of sp³-hybridized carbons (Fsp3) is 0.789. The molecule has 2 rings (SSSR count). The number of nitrogens with zero attached hydrogens (tertiary/aromatic N) is 1. The second-order valence-corrected chi connectivity index (χ2v) is 9.12. The highest BCUT2D eigenvalue weighted by atomic mass is 16.5. The largest absolute Gasteiger partial charge is 0.454 e. The van der Waals surface area contributed by atoms with Gasteiger partial charge in [0.2, 0.25) is 0 Å². The lowest BCUT2D eigenvalue weighted by Gasteiger charge is -2.43. The minimum Gasteiger partial charge on any atom is -0.454 e. The summed E-state index contributed by atoms with van der Waals surface area (Å²) >= 11 is 0. The van der Waals surface area contributed by atoms with E-state index < -0.39 is 36.6 Å². The van der Waals surface area contributed by atoms with E-state index in [1.165, 1.54) is 0 Å². The molecule has 1 heterocycles. The molecule has 8 heteroatoms. The summed E-state index contributed by atoms with van der Waals surface area (Å²) in [5.41, 5.74) is -1.03. The zero-order valence-electron chi connectivity index (χ0n) is 16.9. The van der Waals surface area contributed by atoms with Crippen molar-refractivity contribution in [2.45, 2.75) is 59.4 Å². The van der Waals surface area contributed by atoms with Gasteiger partial charge in [-0.15, -0.1) is 0 Å². The summed E-state index contributed by atoms with van der Waals surface area (Å²) in [6.45, 7) is 9.70. The number of nitrogens with one attached hydrogen (secondary N) is 2. The maximum Gasteiger partial charge on any atom is 0.326 e. The highest BCUT2D eigenvalue weighted by Crippen LogP contribution is 2.46. The Bertz CT molecular complexity index is 631. The van der Waals surface area contributed by atoms with E-state index in [2.05, 4.69) is 31.4 Å². The van der Waals surface area contributed by atoms with Crippen molar-refractivity contribution in [1.82, 2.24) is 15.5 Å². The number of hydrogen-bond acceptors (Lipinski definition) is 5. The number of esters is 1. The number of ether oxygens (including phenoxy) is 1. The lowest BCUT2D eigenvalue weighted by atomic mass is 9.64. The first-order chi connectivity index (χ1) is 12.4. The number of hydrogen-bond donors (Lipinski definition) is 2. The average Bonchev–Trinajstić information content (AvgIpc) is 2.72. The zero-order valence-corrected chi connectivity index (χ0v) is 16.9. The molecule has 0 unspecified atom stereocenters. The number of carbonyl (C=O) groups excluding carboxylic acids is 4. The van der Waals surface area contributed by atoms with Crippen molar-refractivity contribution in [3.63, 3.8) is 0 Å². The molecule has 2 aliphatic rings. The van der Waals surface area contributed by atoms with Crippen LogP contribution in [-0.2, 0) is 19.1 Å². The van der Waals surface area contributed by atoms with Crippen LogP contribution in [0.2, 0.25) is 0 Å². The molecule has 1 aliphatic heterocycles.